The van der Waals surface area contributed by atoms with Crippen LogP contribution >= 0.6 is 11.6 Å². The number of halogens is 5. The van der Waals surface area contributed by atoms with E-state index in [0.717, 1.165) is 4.57 Å². The molecule has 3 aromatic rings. The number of ether oxygens (including phenoxy) is 1. The molecule has 15 heteroatoms. The van der Waals surface area contributed by atoms with Crippen molar-refractivity contribution in [1.29, 1.82) is 0 Å². The summed E-state index contributed by atoms with van der Waals surface area (Å²) in [6.07, 6.45) is -5.84. The normalized spacial score (nSPS) is 12.5. The molecule has 3 rings (SSSR count). The second-order valence-electron chi connectivity index (χ2n) is 7.65. The van der Waals surface area contributed by atoms with Crippen molar-refractivity contribution in [2.24, 2.45) is 0 Å². The molecule has 10 nitrogen and oxygen atoms in total. The van der Waals surface area contributed by atoms with Crippen molar-refractivity contribution in [3.05, 3.63) is 56.2 Å². The summed E-state index contributed by atoms with van der Waals surface area (Å²) in [7, 11) is 0. The zero-order chi connectivity index (χ0) is 26.9. The molecule has 194 valence electrons. The van der Waals surface area contributed by atoms with Crippen molar-refractivity contribution in [3.8, 4) is 11.7 Å². The summed E-state index contributed by atoms with van der Waals surface area (Å²) in [6, 6.07) is 0.568. The van der Waals surface area contributed by atoms with Gasteiger partial charge in [-0.3, -0.25) is 9.36 Å². The van der Waals surface area contributed by atoms with Crippen LogP contribution < -0.4 is 15.7 Å². The van der Waals surface area contributed by atoms with Gasteiger partial charge in [-0.15, -0.1) is 5.10 Å². The van der Waals surface area contributed by atoms with Gasteiger partial charge in [-0.2, -0.15) is 22.8 Å². The lowest BCUT2D eigenvalue weighted by atomic mass is 10.1. The maximum Gasteiger partial charge on any atom is 0.425 e. The van der Waals surface area contributed by atoms with Crippen LogP contribution in [-0.2, 0) is 13.2 Å². The van der Waals surface area contributed by atoms with E-state index in [9.17, 15) is 27.9 Å². The summed E-state index contributed by atoms with van der Waals surface area (Å²) < 4.78 is 61.1. The van der Waals surface area contributed by atoms with Crippen LogP contribution in [0.2, 0.25) is 5.15 Å². The predicted octanol–water partition coefficient (Wildman–Crippen LogP) is 3.33. The van der Waals surface area contributed by atoms with Crippen molar-refractivity contribution in [2.45, 2.75) is 53.1 Å². The molecule has 0 saturated carbocycles. The van der Waals surface area contributed by atoms with Crippen molar-refractivity contribution in [1.82, 2.24) is 24.3 Å². The molecular formula is C21H21ClF4N6O4. The zero-order valence-corrected chi connectivity index (χ0v) is 20.2. The van der Waals surface area contributed by atoms with Gasteiger partial charge in [0.1, 0.15) is 12.2 Å². The Hall–Kier alpha value is -3.52. The first-order chi connectivity index (χ1) is 16.8. The summed E-state index contributed by atoms with van der Waals surface area (Å²) in [5, 5.41) is 15.5. The first-order valence-corrected chi connectivity index (χ1v) is 10.8. The molecule has 2 N–H and O–H groups in total. The Morgan fingerprint density at radius 2 is 2.00 bits per heavy atom. The van der Waals surface area contributed by atoms with Gasteiger partial charge < -0.3 is 15.2 Å². The number of amides is 1. The minimum atomic E-state index is -4.85. The van der Waals surface area contributed by atoms with Crippen molar-refractivity contribution in [2.75, 3.05) is 5.32 Å². The molecule has 0 aromatic carbocycles. The molecule has 0 fully saturated rings. The smallest absolute Gasteiger partial charge is 0.425 e. The van der Waals surface area contributed by atoms with Gasteiger partial charge in [-0.1, -0.05) is 11.6 Å². The molecule has 1 amide bonds. The van der Waals surface area contributed by atoms with Gasteiger partial charge in [-0.25, -0.2) is 14.2 Å². The number of pyridine rings is 2. The number of anilines is 1. The Labute approximate surface area is 206 Å². The number of aliphatic hydroxyl groups is 1. The molecule has 3 aromatic heterocycles. The van der Waals surface area contributed by atoms with E-state index < -0.39 is 53.6 Å². The van der Waals surface area contributed by atoms with Crippen LogP contribution in [0.4, 0.5) is 23.2 Å². The van der Waals surface area contributed by atoms with Crippen molar-refractivity contribution in [3.63, 3.8) is 0 Å². The number of hydrogen-bond acceptors (Lipinski definition) is 7. The van der Waals surface area contributed by atoms with E-state index in [-0.39, 0.29) is 23.2 Å². The summed E-state index contributed by atoms with van der Waals surface area (Å²) in [6.45, 7) is 4.94. The topological polar surface area (TPSA) is 124 Å². The number of carbonyl (C=O) groups is 1. The van der Waals surface area contributed by atoms with Gasteiger partial charge in [0.15, 0.2) is 28.7 Å². The summed E-state index contributed by atoms with van der Waals surface area (Å²) in [5.74, 6) is -4.21. The summed E-state index contributed by atoms with van der Waals surface area (Å²) >= 11 is 6.05. The Morgan fingerprint density at radius 3 is 2.56 bits per heavy atom. The minimum Gasteiger partial charge on any atom is -0.464 e. The fourth-order valence-corrected chi connectivity index (χ4v) is 3.34. The van der Waals surface area contributed by atoms with Gasteiger partial charge in [0, 0.05) is 12.7 Å². The van der Waals surface area contributed by atoms with E-state index in [1.807, 2.05) is 0 Å². The number of nitrogens with one attached hydrogen (secondary N) is 1. The first-order valence-electron chi connectivity index (χ1n) is 10.5. The van der Waals surface area contributed by atoms with Crippen LogP contribution in [0.25, 0.3) is 5.82 Å². The van der Waals surface area contributed by atoms with Gasteiger partial charge in [0.25, 0.3) is 5.91 Å². The van der Waals surface area contributed by atoms with Gasteiger partial charge >= 0.3 is 11.9 Å². The van der Waals surface area contributed by atoms with Crippen LogP contribution in [0.5, 0.6) is 5.88 Å². The highest BCUT2D eigenvalue weighted by Gasteiger charge is 2.39. The highest BCUT2D eigenvalue weighted by molar-refractivity contribution is 6.33. The molecule has 36 heavy (non-hydrogen) atoms. The van der Waals surface area contributed by atoms with E-state index in [2.05, 4.69) is 20.4 Å². The molecule has 0 aliphatic rings. The maximum atomic E-state index is 15.1. The second kappa shape index (κ2) is 10.2. The van der Waals surface area contributed by atoms with Crippen molar-refractivity contribution < 1.29 is 32.2 Å². The molecule has 3 heterocycles. The van der Waals surface area contributed by atoms with Gasteiger partial charge in [0.05, 0.1) is 5.69 Å². The van der Waals surface area contributed by atoms with Crippen molar-refractivity contribution >= 4 is 23.2 Å². The molecular weight excluding hydrogens is 512 g/mol. The second-order valence-corrected chi connectivity index (χ2v) is 8.01. The third-order valence-electron chi connectivity index (χ3n) is 5.30. The van der Waals surface area contributed by atoms with E-state index >= 15 is 4.39 Å². The number of aromatic nitrogens is 5. The first kappa shape index (κ1) is 27.1. The SMILES string of the molecule is CCn1c(CO)nn(-c2nc(OC(C)C(F)(F)F)c(C(=O)Nc3c(Cl)ncc(C)c3C)cc2F)c1=O. The number of nitrogens with zero attached hydrogens (tertiary/aromatic N) is 5. The van der Waals surface area contributed by atoms with Crippen LogP contribution in [-0.4, -0.2) is 47.6 Å². The largest absolute Gasteiger partial charge is 0.464 e. The van der Waals surface area contributed by atoms with E-state index in [0.29, 0.717) is 28.8 Å². The van der Waals surface area contributed by atoms with E-state index in [1.165, 1.54) is 6.20 Å². The zero-order valence-electron chi connectivity index (χ0n) is 19.4. The van der Waals surface area contributed by atoms with E-state index in [1.54, 1.807) is 20.8 Å². The molecule has 1 atom stereocenters. The summed E-state index contributed by atoms with van der Waals surface area (Å²) in [5.41, 5.74) is -0.371. The van der Waals surface area contributed by atoms with E-state index in [4.69, 9.17) is 16.3 Å². The Morgan fingerprint density at radius 1 is 1.33 bits per heavy atom. The van der Waals surface area contributed by atoms with Crippen LogP contribution in [0.3, 0.4) is 0 Å². The summed E-state index contributed by atoms with van der Waals surface area (Å²) in [4.78, 5) is 33.2. The highest BCUT2D eigenvalue weighted by atomic mass is 35.5. The van der Waals surface area contributed by atoms with Gasteiger partial charge in [0.2, 0.25) is 5.88 Å². The number of aryl methyl sites for hydroxylation is 1. The number of rotatable bonds is 7. The third-order valence-corrected chi connectivity index (χ3v) is 5.58. The standard InChI is InChI=1S/C21H21ClF4N6O4/c1-5-31-14(8-33)30-32(20(31)35)17-13(23)6-12(19(29-17)36-11(4)21(24,25)26)18(34)28-15-10(3)9(2)7-27-16(15)22/h6-7,11,33H,5,8H2,1-4H3,(H,28,34). The number of alkyl halides is 3. The fraction of sp³-hybridized carbons (Fsp3) is 0.381. The highest BCUT2D eigenvalue weighted by Crippen LogP contribution is 2.30. The lowest BCUT2D eigenvalue weighted by Gasteiger charge is -2.20. The fourth-order valence-electron chi connectivity index (χ4n) is 3.10. The molecule has 0 saturated heterocycles. The Kier molecular flexibility index (Phi) is 7.69. The number of carbonyl (C=O) groups excluding carboxylic acids is 1. The molecule has 0 aliphatic carbocycles. The minimum absolute atomic E-state index is 0.0615. The third kappa shape index (κ3) is 5.18. The van der Waals surface area contributed by atoms with Crippen LogP contribution in [0.1, 0.15) is 41.2 Å². The average molecular weight is 533 g/mol. The average Bonchev–Trinajstić information content (AvgIpc) is 3.14. The molecule has 0 radical (unpaired) electrons. The molecule has 0 bridgehead atoms. The Balaban J connectivity index is 2.17. The molecule has 1 unspecified atom stereocenters. The lowest BCUT2D eigenvalue weighted by Crippen LogP contribution is -2.33. The number of hydrogen-bond donors (Lipinski definition) is 2. The quantitative estimate of drug-likeness (QED) is 0.353. The Bertz CT molecular complexity index is 1370. The maximum absolute atomic E-state index is 15.1. The predicted molar refractivity (Wildman–Crippen MR) is 120 cm³/mol. The number of aliphatic hydroxyl groups excluding tert-OH is 1. The van der Waals surface area contributed by atoms with Crippen LogP contribution in [0.15, 0.2) is 17.1 Å². The molecule has 0 spiro atoms. The van der Waals surface area contributed by atoms with Crippen LogP contribution in [0, 0.1) is 19.7 Å². The lowest BCUT2D eigenvalue weighted by molar-refractivity contribution is -0.190. The molecule has 0 aliphatic heterocycles. The monoisotopic (exact) mass is 532 g/mol. The van der Waals surface area contributed by atoms with Gasteiger partial charge in [-0.05, 0) is 44.9 Å².